The van der Waals surface area contributed by atoms with E-state index in [4.69, 9.17) is 5.11 Å². The van der Waals surface area contributed by atoms with Crippen LogP contribution in [-0.2, 0) is 13.6 Å². The lowest BCUT2D eigenvalue weighted by Gasteiger charge is -2.20. The van der Waals surface area contributed by atoms with E-state index in [1.807, 2.05) is 19.3 Å². The van der Waals surface area contributed by atoms with Crippen molar-refractivity contribution in [1.29, 1.82) is 0 Å². The Morgan fingerprint density at radius 1 is 1.05 bits per heavy atom. The van der Waals surface area contributed by atoms with Gasteiger partial charge in [-0.1, -0.05) is 50.3 Å². The molecule has 1 unspecified atom stereocenters. The van der Waals surface area contributed by atoms with Crippen LogP contribution in [0.1, 0.15) is 69.3 Å². The Morgan fingerprint density at radius 3 is 2.55 bits per heavy atom. The number of amides is 1. The molecule has 0 fully saturated rings. The summed E-state index contributed by atoms with van der Waals surface area (Å²) in [6.45, 7) is 4.86. The summed E-state index contributed by atoms with van der Waals surface area (Å²) in [7, 11) is 1.84. The average Bonchev–Trinajstić information content (AvgIpc) is 3.27. The third-order valence-electron chi connectivity index (χ3n) is 7.40. The molecule has 192 valence electrons. The van der Waals surface area contributed by atoms with Gasteiger partial charge >= 0.3 is 5.97 Å². The number of pyridine rings is 1. The Bertz CT molecular complexity index is 1520. The Hall–Kier alpha value is -4.52. The predicted octanol–water partition coefficient (Wildman–Crippen LogP) is 5.79. The fraction of sp³-hybridized carbons (Fsp3) is 0.226. The molecule has 1 aliphatic carbocycles. The highest BCUT2D eigenvalue weighted by molar-refractivity contribution is 5.93. The molecule has 2 N–H and O–H groups in total. The summed E-state index contributed by atoms with van der Waals surface area (Å²) in [6.07, 6.45) is 6.97. The van der Waals surface area contributed by atoms with Gasteiger partial charge in [0.15, 0.2) is 5.69 Å². The van der Waals surface area contributed by atoms with E-state index in [-0.39, 0.29) is 18.0 Å². The van der Waals surface area contributed by atoms with E-state index >= 15 is 0 Å². The molecule has 2 aromatic heterocycles. The first-order valence-electron chi connectivity index (χ1n) is 12.7. The molecule has 2 heterocycles. The van der Waals surface area contributed by atoms with Crippen molar-refractivity contribution in [3.05, 3.63) is 107 Å². The first-order chi connectivity index (χ1) is 18.3. The summed E-state index contributed by atoms with van der Waals surface area (Å²) in [6, 6.07) is 18.8. The van der Waals surface area contributed by atoms with Crippen LogP contribution in [0.5, 0.6) is 0 Å². The number of nitrogens with zero attached hydrogens (tertiary/aromatic N) is 3. The van der Waals surface area contributed by atoms with E-state index in [1.54, 1.807) is 29.1 Å². The molecule has 2 atom stereocenters. The number of fused-ring (bicyclic) bond motifs is 1. The van der Waals surface area contributed by atoms with Crippen molar-refractivity contribution < 1.29 is 14.7 Å². The van der Waals surface area contributed by atoms with Gasteiger partial charge in [0.05, 0.1) is 11.3 Å². The zero-order chi connectivity index (χ0) is 26.8. The first-order valence-corrected chi connectivity index (χ1v) is 12.7. The lowest BCUT2D eigenvalue weighted by Crippen LogP contribution is -2.23. The lowest BCUT2D eigenvalue weighted by molar-refractivity contribution is 0.0696. The van der Waals surface area contributed by atoms with Gasteiger partial charge in [-0.05, 0) is 76.4 Å². The standard InChI is InChI=1S/C31H30N4O3/c1-19-13-25(24-5-4-12-32-18-24)15-26-14-23(10-11-27(26)20(19)2)29-16-28(34-35(29)3)30(36)33-17-21-6-8-22(9-7-21)31(37)38/h4-12,14-16,18-20H,13,17H2,1-3H3,(H,33,36)(H,37,38)/t19-,20?/m1/s1. The van der Waals surface area contributed by atoms with Crippen LogP contribution in [-0.4, -0.2) is 31.7 Å². The Kier molecular flexibility index (Phi) is 6.92. The zero-order valence-corrected chi connectivity index (χ0v) is 21.7. The maximum Gasteiger partial charge on any atom is 0.335 e. The van der Waals surface area contributed by atoms with E-state index in [0.29, 0.717) is 17.5 Å². The highest BCUT2D eigenvalue weighted by Gasteiger charge is 2.24. The Balaban J connectivity index is 1.40. The van der Waals surface area contributed by atoms with Gasteiger partial charge in [0, 0.05) is 31.5 Å². The summed E-state index contributed by atoms with van der Waals surface area (Å²) < 4.78 is 1.73. The number of aromatic nitrogens is 3. The van der Waals surface area contributed by atoms with Gasteiger partial charge < -0.3 is 10.4 Å². The molecule has 4 aromatic rings. The quantitative estimate of drug-likeness (QED) is 0.345. The second-order valence-corrected chi connectivity index (χ2v) is 9.95. The smallest absolute Gasteiger partial charge is 0.335 e. The van der Waals surface area contributed by atoms with Crippen molar-refractivity contribution in [1.82, 2.24) is 20.1 Å². The molecule has 7 heteroatoms. The van der Waals surface area contributed by atoms with Crippen molar-refractivity contribution in [3.63, 3.8) is 0 Å². The minimum Gasteiger partial charge on any atom is -0.478 e. The summed E-state index contributed by atoms with van der Waals surface area (Å²) in [5.41, 5.74) is 8.09. The van der Waals surface area contributed by atoms with E-state index in [1.165, 1.54) is 28.8 Å². The minimum atomic E-state index is -0.979. The number of aryl methyl sites for hydroxylation is 1. The Morgan fingerprint density at radius 2 is 1.84 bits per heavy atom. The highest BCUT2D eigenvalue weighted by atomic mass is 16.4. The van der Waals surface area contributed by atoms with Crippen LogP contribution in [0, 0.1) is 5.92 Å². The number of aromatic carboxylic acids is 1. The number of carboxylic acids is 1. The maximum absolute atomic E-state index is 12.9. The normalized spacial score (nSPS) is 16.8. The van der Waals surface area contributed by atoms with Crippen molar-refractivity contribution in [2.24, 2.45) is 13.0 Å². The molecule has 7 nitrogen and oxygen atoms in total. The number of carboxylic acid groups (broad SMARTS) is 1. The van der Waals surface area contributed by atoms with E-state index in [9.17, 15) is 9.59 Å². The number of hydrogen-bond donors (Lipinski definition) is 2. The van der Waals surface area contributed by atoms with Crippen LogP contribution in [0.2, 0.25) is 0 Å². The molecular weight excluding hydrogens is 476 g/mol. The largest absolute Gasteiger partial charge is 0.478 e. The van der Waals surface area contributed by atoms with Crippen LogP contribution < -0.4 is 5.32 Å². The number of benzene rings is 2. The van der Waals surface area contributed by atoms with Crippen LogP contribution in [0.15, 0.2) is 73.1 Å². The van der Waals surface area contributed by atoms with Gasteiger partial charge in [0.25, 0.3) is 5.91 Å². The third kappa shape index (κ3) is 5.13. The van der Waals surface area contributed by atoms with Gasteiger partial charge in [-0.2, -0.15) is 5.10 Å². The van der Waals surface area contributed by atoms with E-state index < -0.39 is 5.97 Å². The van der Waals surface area contributed by atoms with Crippen molar-refractivity contribution in [3.8, 4) is 11.3 Å². The van der Waals surface area contributed by atoms with Gasteiger partial charge in [0.1, 0.15) is 0 Å². The molecule has 38 heavy (non-hydrogen) atoms. The fourth-order valence-electron chi connectivity index (χ4n) is 4.99. The number of carbonyl (C=O) groups is 2. The summed E-state index contributed by atoms with van der Waals surface area (Å²) in [5.74, 6) is -0.375. The summed E-state index contributed by atoms with van der Waals surface area (Å²) in [4.78, 5) is 28.2. The second kappa shape index (κ2) is 10.5. The molecule has 0 saturated heterocycles. The SMILES string of the molecule is CC1c2ccc(-c3cc(C(=O)NCc4ccc(C(=O)O)cc4)nn3C)cc2C=C(c2cccnc2)C[C@H]1C. The molecule has 0 spiro atoms. The Labute approximate surface area is 221 Å². The average molecular weight is 507 g/mol. The van der Waals surface area contributed by atoms with E-state index in [0.717, 1.165) is 28.8 Å². The van der Waals surface area contributed by atoms with E-state index in [2.05, 4.69) is 59.6 Å². The van der Waals surface area contributed by atoms with Crippen LogP contribution in [0.4, 0.5) is 0 Å². The monoisotopic (exact) mass is 506 g/mol. The maximum atomic E-state index is 12.9. The van der Waals surface area contributed by atoms with Gasteiger partial charge in [-0.15, -0.1) is 0 Å². The number of allylic oxidation sites excluding steroid dienone is 1. The van der Waals surface area contributed by atoms with Crippen LogP contribution >= 0.6 is 0 Å². The van der Waals surface area contributed by atoms with Crippen molar-refractivity contribution >= 4 is 23.5 Å². The number of hydrogen-bond acceptors (Lipinski definition) is 4. The van der Waals surface area contributed by atoms with Crippen molar-refractivity contribution in [2.45, 2.75) is 32.7 Å². The van der Waals surface area contributed by atoms with Gasteiger partial charge in [0.2, 0.25) is 0 Å². The molecule has 5 rings (SSSR count). The molecule has 0 bridgehead atoms. The molecule has 1 aliphatic rings. The first kappa shape index (κ1) is 25.1. The molecule has 0 saturated carbocycles. The second-order valence-electron chi connectivity index (χ2n) is 9.95. The summed E-state index contributed by atoms with van der Waals surface area (Å²) in [5, 5.41) is 16.4. The zero-order valence-electron chi connectivity index (χ0n) is 21.7. The molecular formula is C31H30N4O3. The molecule has 1 amide bonds. The van der Waals surface area contributed by atoms with Gasteiger partial charge in [-0.3, -0.25) is 14.5 Å². The number of rotatable bonds is 6. The fourth-order valence-corrected chi connectivity index (χ4v) is 4.99. The molecule has 0 aliphatic heterocycles. The van der Waals surface area contributed by atoms with Crippen molar-refractivity contribution in [2.75, 3.05) is 0 Å². The summed E-state index contributed by atoms with van der Waals surface area (Å²) >= 11 is 0. The predicted molar refractivity (Wildman–Crippen MR) is 148 cm³/mol. The molecule has 0 radical (unpaired) electrons. The van der Waals surface area contributed by atoms with Crippen LogP contribution in [0.25, 0.3) is 22.9 Å². The minimum absolute atomic E-state index is 0.210. The number of nitrogens with one attached hydrogen (secondary N) is 1. The van der Waals surface area contributed by atoms with Gasteiger partial charge in [-0.25, -0.2) is 4.79 Å². The lowest BCUT2D eigenvalue weighted by atomic mass is 9.85. The highest BCUT2D eigenvalue weighted by Crippen LogP contribution is 2.40. The molecule has 2 aromatic carbocycles. The third-order valence-corrected chi connectivity index (χ3v) is 7.40. The van der Waals surface area contributed by atoms with Crippen LogP contribution in [0.3, 0.4) is 0 Å². The number of carbonyl (C=O) groups excluding carboxylic acids is 1. The topological polar surface area (TPSA) is 97.1 Å².